The van der Waals surface area contributed by atoms with Crippen LogP contribution >= 0.6 is 23.4 Å². The molecule has 1 N–H and O–H groups in total. The highest BCUT2D eigenvalue weighted by atomic mass is 35.5. The summed E-state index contributed by atoms with van der Waals surface area (Å²) in [5.41, 5.74) is 4.03. The Balaban J connectivity index is 1.45. The molecule has 0 aliphatic rings. The zero-order valence-corrected chi connectivity index (χ0v) is 16.7. The van der Waals surface area contributed by atoms with Gasteiger partial charge in [-0.1, -0.05) is 35.4 Å². The van der Waals surface area contributed by atoms with E-state index >= 15 is 0 Å². The number of oxazole rings is 1. The smallest absolute Gasteiger partial charge is 0.234 e. The predicted octanol–water partition coefficient (Wildman–Crippen LogP) is 6.19. The van der Waals surface area contributed by atoms with Gasteiger partial charge >= 0.3 is 0 Å². The lowest BCUT2D eigenvalue weighted by atomic mass is 10.2. The zero-order valence-electron chi connectivity index (χ0n) is 15.1. The fraction of sp³-hybridized carbons (Fsp3) is 0.0909. The van der Waals surface area contributed by atoms with Crippen molar-refractivity contribution < 1.29 is 9.21 Å². The number of anilines is 1. The van der Waals surface area contributed by atoms with Crippen molar-refractivity contribution in [3.63, 3.8) is 0 Å². The van der Waals surface area contributed by atoms with Crippen molar-refractivity contribution in [2.75, 3.05) is 11.1 Å². The number of carbonyl (C=O) groups is 1. The van der Waals surface area contributed by atoms with Crippen LogP contribution in [0.25, 0.3) is 22.6 Å². The quantitative estimate of drug-likeness (QED) is 0.400. The molecule has 0 spiro atoms. The molecule has 0 saturated heterocycles. The molecule has 0 saturated carbocycles. The number of benzene rings is 3. The SMILES string of the molecule is Cc1ccc(SCC(=O)Nc2ccc3oc(-c4cccc(Cl)c4)nc3c2)cc1. The maximum atomic E-state index is 12.3. The van der Waals surface area contributed by atoms with E-state index in [-0.39, 0.29) is 5.91 Å². The summed E-state index contributed by atoms with van der Waals surface area (Å²) in [7, 11) is 0. The van der Waals surface area contributed by atoms with Crippen LogP contribution in [0.4, 0.5) is 5.69 Å². The highest BCUT2D eigenvalue weighted by Gasteiger charge is 2.10. The van der Waals surface area contributed by atoms with Gasteiger partial charge in [-0.3, -0.25) is 4.79 Å². The van der Waals surface area contributed by atoms with E-state index in [0.29, 0.717) is 33.5 Å². The lowest BCUT2D eigenvalue weighted by Crippen LogP contribution is -2.13. The normalized spacial score (nSPS) is 10.9. The third-order valence-electron chi connectivity index (χ3n) is 4.13. The molecule has 4 aromatic rings. The van der Waals surface area contributed by atoms with E-state index in [1.54, 1.807) is 24.3 Å². The Morgan fingerprint density at radius 2 is 1.93 bits per heavy atom. The largest absolute Gasteiger partial charge is 0.436 e. The first-order chi connectivity index (χ1) is 13.6. The number of aromatic nitrogens is 1. The minimum absolute atomic E-state index is 0.0662. The number of halogens is 1. The highest BCUT2D eigenvalue weighted by Crippen LogP contribution is 2.28. The van der Waals surface area contributed by atoms with E-state index in [2.05, 4.69) is 10.3 Å². The van der Waals surface area contributed by atoms with Gasteiger partial charge in [0.15, 0.2) is 5.58 Å². The molecule has 0 aliphatic heterocycles. The molecule has 3 aromatic carbocycles. The van der Waals surface area contributed by atoms with Crippen molar-refractivity contribution in [3.8, 4) is 11.5 Å². The summed E-state index contributed by atoms with van der Waals surface area (Å²) in [4.78, 5) is 17.8. The van der Waals surface area contributed by atoms with E-state index in [1.807, 2.05) is 49.4 Å². The first kappa shape index (κ1) is 18.6. The number of amides is 1. The van der Waals surface area contributed by atoms with Crippen molar-refractivity contribution in [2.24, 2.45) is 0 Å². The van der Waals surface area contributed by atoms with Crippen molar-refractivity contribution in [2.45, 2.75) is 11.8 Å². The van der Waals surface area contributed by atoms with Gasteiger partial charge in [-0.25, -0.2) is 4.98 Å². The van der Waals surface area contributed by atoms with Crippen LogP contribution in [0.15, 0.2) is 76.0 Å². The van der Waals surface area contributed by atoms with Crippen molar-refractivity contribution in [1.29, 1.82) is 0 Å². The van der Waals surface area contributed by atoms with E-state index in [0.717, 1.165) is 10.5 Å². The van der Waals surface area contributed by atoms with Crippen molar-refractivity contribution in [1.82, 2.24) is 4.98 Å². The second kappa shape index (κ2) is 8.09. The minimum Gasteiger partial charge on any atom is -0.436 e. The van der Waals surface area contributed by atoms with Crippen LogP contribution in [0.1, 0.15) is 5.56 Å². The van der Waals surface area contributed by atoms with Gasteiger partial charge < -0.3 is 9.73 Å². The summed E-state index contributed by atoms with van der Waals surface area (Å²) >= 11 is 7.54. The van der Waals surface area contributed by atoms with E-state index in [4.69, 9.17) is 16.0 Å². The molecule has 4 nitrogen and oxygen atoms in total. The Morgan fingerprint density at radius 1 is 1.11 bits per heavy atom. The van der Waals surface area contributed by atoms with Gasteiger partial charge in [-0.2, -0.15) is 0 Å². The maximum absolute atomic E-state index is 12.3. The average molecular weight is 409 g/mol. The molecule has 1 aromatic heterocycles. The Labute approximate surface area is 171 Å². The Hall–Kier alpha value is -2.76. The third kappa shape index (κ3) is 4.38. The van der Waals surface area contributed by atoms with Crippen LogP contribution in [0.5, 0.6) is 0 Å². The Kier molecular flexibility index (Phi) is 5.37. The third-order valence-corrected chi connectivity index (χ3v) is 5.38. The van der Waals surface area contributed by atoms with Crippen LogP contribution in [-0.2, 0) is 4.79 Å². The number of carbonyl (C=O) groups excluding carboxylic acids is 1. The first-order valence-electron chi connectivity index (χ1n) is 8.73. The molecule has 0 unspecified atom stereocenters. The minimum atomic E-state index is -0.0662. The molecule has 4 rings (SSSR count). The summed E-state index contributed by atoms with van der Waals surface area (Å²) in [5, 5.41) is 3.54. The zero-order chi connectivity index (χ0) is 19.5. The summed E-state index contributed by atoms with van der Waals surface area (Å²) in [5.74, 6) is 0.771. The molecule has 0 radical (unpaired) electrons. The molecule has 0 bridgehead atoms. The lowest BCUT2D eigenvalue weighted by Gasteiger charge is -2.05. The van der Waals surface area contributed by atoms with E-state index in [9.17, 15) is 4.79 Å². The summed E-state index contributed by atoms with van der Waals surface area (Å²) < 4.78 is 5.80. The molecule has 28 heavy (non-hydrogen) atoms. The molecule has 1 amide bonds. The molecule has 6 heteroatoms. The van der Waals surface area contributed by atoms with Gasteiger partial charge in [0.2, 0.25) is 11.8 Å². The lowest BCUT2D eigenvalue weighted by molar-refractivity contribution is -0.113. The van der Waals surface area contributed by atoms with Gasteiger partial charge in [0.25, 0.3) is 0 Å². The molecule has 0 aliphatic carbocycles. The van der Waals surface area contributed by atoms with E-state index in [1.165, 1.54) is 17.3 Å². The maximum Gasteiger partial charge on any atom is 0.234 e. The number of aryl methyl sites for hydroxylation is 1. The monoisotopic (exact) mass is 408 g/mol. The van der Waals surface area contributed by atoms with Crippen molar-refractivity contribution in [3.05, 3.63) is 77.3 Å². The predicted molar refractivity (Wildman–Crippen MR) is 115 cm³/mol. The van der Waals surface area contributed by atoms with Crippen LogP contribution in [0.2, 0.25) is 5.02 Å². The fourth-order valence-corrected chi connectivity index (χ4v) is 3.62. The number of hydrogen-bond donors (Lipinski definition) is 1. The second-order valence-corrected chi connectivity index (χ2v) is 7.85. The number of thioether (sulfide) groups is 1. The standard InChI is InChI=1S/C22H17ClN2O2S/c1-14-5-8-18(9-6-14)28-13-21(26)24-17-7-10-20-19(12-17)25-22(27-20)15-3-2-4-16(23)11-15/h2-12H,13H2,1H3,(H,24,26). The molecular formula is C22H17ClN2O2S. The van der Waals surface area contributed by atoms with Gasteiger partial charge in [0, 0.05) is 21.2 Å². The number of fused-ring (bicyclic) bond motifs is 1. The van der Waals surface area contributed by atoms with Gasteiger partial charge in [-0.15, -0.1) is 11.8 Å². The van der Waals surface area contributed by atoms with Gasteiger partial charge in [0.05, 0.1) is 5.75 Å². The molecular weight excluding hydrogens is 392 g/mol. The number of hydrogen-bond acceptors (Lipinski definition) is 4. The number of nitrogens with zero attached hydrogens (tertiary/aromatic N) is 1. The van der Waals surface area contributed by atoms with Gasteiger partial charge in [0.1, 0.15) is 5.52 Å². The van der Waals surface area contributed by atoms with Crippen LogP contribution < -0.4 is 5.32 Å². The first-order valence-corrected chi connectivity index (χ1v) is 10.1. The van der Waals surface area contributed by atoms with Crippen molar-refractivity contribution >= 4 is 46.1 Å². The molecule has 0 fully saturated rings. The van der Waals surface area contributed by atoms with Crippen LogP contribution in [0.3, 0.4) is 0 Å². The molecule has 1 heterocycles. The highest BCUT2D eigenvalue weighted by molar-refractivity contribution is 8.00. The van der Waals surface area contributed by atoms with Crippen LogP contribution in [0, 0.1) is 6.92 Å². The van der Waals surface area contributed by atoms with Crippen LogP contribution in [-0.4, -0.2) is 16.6 Å². The Bertz CT molecular complexity index is 1140. The summed E-state index contributed by atoms with van der Waals surface area (Å²) in [6, 6.07) is 20.9. The second-order valence-electron chi connectivity index (χ2n) is 6.36. The number of rotatable bonds is 5. The number of nitrogens with one attached hydrogen (secondary N) is 1. The average Bonchev–Trinajstić information content (AvgIpc) is 3.11. The molecule has 140 valence electrons. The van der Waals surface area contributed by atoms with Gasteiger partial charge in [-0.05, 0) is 55.5 Å². The fourth-order valence-electron chi connectivity index (χ4n) is 2.73. The topological polar surface area (TPSA) is 55.1 Å². The summed E-state index contributed by atoms with van der Waals surface area (Å²) in [6.45, 7) is 2.04. The Morgan fingerprint density at radius 3 is 2.71 bits per heavy atom. The van der Waals surface area contributed by atoms with E-state index < -0.39 is 0 Å². The molecule has 0 atom stereocenters. The summed E-state index contributed by atoms with van der Waals surface area (Å²) in [6.07, 6.45) is 0.